The van der Waals surface area contributed by atoms with Crippen LogP contribution in [0.4, 0.5) is 0 Å². The fraction of sp³-hybridized carbons (Fsp3) is 0.625. The summed E-state index contributed by atoms with van der Waals surface area (Å²) in [5, 5.41) is 9.80. The van der Waals surface area contributed by atoms with E-state index in [-0.39, 0.29) is 22.7 Å². The van der Waals surface area contributed by atoms with Crippen LogP contribution >= 0.6 is 0 Å². The van der Waals surface area contributed by atoms with Crippen LogP contribution in [0, 0.1) is 11.3 Å². The highest BCUT2D eigenvalue weighted by Crippen LogP contribution is 2.35. The predicted molar refractivity (Wildman–Crippen MR) is 158 cm³/mol. The van der Waals surface area contributed by atoms with Crippen molar-refractivity contribution in [2.75, 3.05) is 6.61 Å². The third kappa shape index (κ3) is 12.7. The molecule has 2 aromatic rings. The molecule has 0 spiro atoms. The molecule has 2 atom stereocenters. The SMILES string of the molecule is CCCCCCCCCCCCC(CC(COc1cccc(O)c1)NS(=O)(=O)c1ccccc1)C(C)(C)C. The minimum Gasteiger partial charge on any atom is -0.508 e. The average molecular weight is 546 g/mol. The summed E-state index contributed by atoms with van der Waals surface area (Å²) in [6.07, 6.45) is 14.8. The second-order valence-electron chi connectivity index (χ2n) is 11.7. The lowest BCUT2D eigenvalue weighted by atomic mass is 9.74. The van der Waals surface area contributed by atoms with Crippen LogP contribution < -0.4 is 9.46 Å². The van der Waals surface area contributed by atoms with Gasteiger partial charge in [0.05, 0.1) is 10.9 Å². The number of sulfonamides is 1. The largest absolute Gasteiger partial charge is 0.508 e. The number of benzene rings is 2. The van der Waals surface area contributed by atoms with Crippen LogP contribution in [0.15, 0.2) is 59.5 Å². The van der Waals surface area contributed by atoms with Crippen molar-refractivity contribution >= 4 is 10.0 Å². The summed E-state index contributed by atoms with van der Waals surface area (Å²) in [6, 6.07) is 14.7. The summed E-state index contributed by atoms with van der Waals surface area (Å²) >= 11 is 0. The van der Waals surface area contributed by atoms with E-state index in [1.165, 1.54) is 57.8 Å². The first-order valence-corrected chi connectivity index (χ1v) is 16.1. The Hall–Kier alpha value is -2.05. The molecule has 0 saturated heterocycles. The maximum Gasteiger partial charge on any atom is 0.240 e. The summed E-state index contributed by atoms with van der Waals surface area (Å²) in [4.78, 5) is 0.254. The summed E-state index contributed by atoms with van der Waals surface area (Å²) in [7, 11) is -3.69. The minimum absolute atomic E-state index is 0.0424. The maximum atomic E-state index is 13.2. The van der Waals surface area contributed by atoms with Gasteiger partial charge in [-0.25, -0.2) is 13.1 Å². The van der Waals surface area contributed by atoms with Crippen molar-refractivity contribution < 1.29 is 18.3 Å². The molecule has 0 aliphatic heterocycles. The van der Waals surface area contributed by atoms with Gasteiger partial charge in [0.15, 0.2) is 0 Å². The van der Waals surface area contributed by atoms with Gasteiger partial charge < -0.3 is 9.84 Å². The number of hydrogen-bond donors (Lipinski definition) is 2. The van der Waals surface area contributed by atoms with E-state index < -0.39 is 16.1 Å². The molecule has 0 aromatic heterocycles. The topological polar surface area (TPSA) is 75.6 Å². The molecule has 0 amide bonds. The molecule has 2 N–H and O–H groups in total. The van der Waals surface area contributed by atoms with Crippen LogP contribution in [0.25, 0.3) is 0 Å². The van der Waals surface area contributed by atoms with Crippen molar-refractivity contribution in [3.8, 4) is 11.5 Å². The standard InChI is InChI=1S/C32H51NO4S/c1-5-6-7-8-9-10-11-12-13-15-19-27(32(2,3)4)24-28(26-37-30-21-18-20-29(34)25-30)33-38(35,36)31-22-16-14-17-23-31/h14,16-18,20-23,25,27-28,33-34H,5-13,15,19,24,26H2,1-4H3. The van der Waals surface area contributed by atoms with Gasteiger partial charge in [0.2, 0.25) is 10.0 Å². The Labute approximate surface area is 232 Å². The van der Waals surface area contributed by atoms with E-state index in [4.69, 9.17) is 4.74 Å². The van der Waals surface area contributed by atoms with Gasteiger partial charge in [0, 0.05) is 6.07 Å². The number of phenols is 1. The fourth-order valence-corrected chi connectivity index (χ4v) is 6.19. The first-order valence-electron chi connectivity index (χ1n) is 14.6. The zero-order valence-electron chi connectivity index (χ0n) is 24.1. The molecule has 0 radical (unpaired) electrons. The normalized spacial score (nSPS) is 13.8. The summed E-state index contributed by atoms with van der Waals surface area (Å²) in [5.41, 5.74) is 0.0424. The van der Waals surface area contributed by atoms with E-state index in [1.54, 1.807) is 48.5 Å². The van der Waals surface area contributed by atoms with Crippen LogP contribution in [0.1, 0.15) is 105 Å². The lowest BCUT2D eigenvalue weighted by Gasteiger charge is -2.34. The smallest absolute Gasteiger partial charge is 0.240 e. The second-order valence-corrected chi connectivity index (χ2v) is 13.4. The molecule has 0 saturated carbocycles. The summed E-state index contributed by atoms with van der Waals surface area (Å²) in [6.45, 7) is 9.18. The molecule has 38 heavy (non-hydrogen) atoms. The van der Waals surface area contributed by atoms with Crippen LogP contribution in [-0.4, -0.2) is 26.2 Å². The van der Waals surface area contributed by atoms with Gasteiger partial charge in [-0.1, -0.05) is 116 Å². The molecule has 0 fully saturated rings. The van der Waals surface area contributed by atoms with Gasteiger partial charge in [0.25, 0.3) is 0 Å². The number of ether oxygens (including phenoxy) is 1. The van der Waals surface area contributed by atoms with E-state index in [1.807, 2.05) is 6.07 Å². The highest BCUT2D eigenvalue weighted by atomic mass is 32.2. The van der Waals surface area contributed by atoms with Crippen molar-refractivity contribution in [1.82, 2.24) is 4.72 Å². The molecular formula is C32H51NO4S. The highest BCUT2D eigenvalue weighted by molar-refractivity contribution is 7.89. The van der Waals surface area contributed by atoms with Crippen molar-refractivity contribution in [3.63, 3.8) is 0 Å². The molecule has 2 rings (SSSR count). The van der Waals surface area contributed by atoms with Crippen molar-refractivity contribution in [2.24, 2.45) is 11.3 Å². The fourth-order valence-electron chi connectivity index (χ4n) is 4.93. The number of nitrogens with one attached hydrogen (secondary N) is 1. The average Bonchev–Trinajstić information content (AvgIpc) is 2.87. The molecule has 0 aliphatic carbocycles. The highest BCUT2D eigenvalue weighted by Gasteiger charge is 2.30. The van der Waals surface area contributed by atoms with E-state index in [9.17, 15) is 13.5 Å². The van der Waals surface area contributed by atoms with E-state index in [2.05, 4.69) is 32.4 Å². The Morgan fingerprint density at radius 3 is 2.03 bits per heavy atom. The van der Waals surface area contributed by atoms with E-state index in [0.29, 0.717) is 18.1 Å². The van der Waals surface area contributed by atoms with Crippen LogP contribution in [0.5, 0.6) is 11.5 Å². The van der Waals surface area contributed by atoms with Gasteiger partial charge in [0.1, 0.15) is 18.1 Å². The van der Waals surface area contributed by atoms with Gasteiger partial charge in [-0.3, -0.25) is 0 Å². The molecule has 6 heteroatoms. The quantitative estimate of drug-likeness (QED) is 0.174. The molecule has 2 unspecified atom stereocenters. The van der Waals surface area contributed by atoms with Crippen molar-refractivity contribution in [3.05, 3.63) is 54.6 Å². The van der Waals surface area contributed by atoms with Gasteiger partial charge in [-0.05, 0) is 48.4 Å². The molecular weight excluding hydrogens is 494 g/mol. The molecule has 214 valence electrons. The van der Waals surface area contributed by atoms with Crippen molar-refractivity contribution in [1.29, 1.82) is 0 Å². The Bertz CT molecular complexity index is 1000. The monoisotopic (exact) mass is 545 g/mol. The third-order valence-electron chi connectivity index (χ3n) is 7.34. The Balaban J connectivity index is 1.98. The van der Waals surface area contributed by atoms with E-state index in [0.717, 1.165) is 12.8 Å². The molecule has 5 nitrogen and oxygen atoms in total. The van der Waals surface area contributed by atoms with E-state index >= 15 is 0 Å². The summed E-state index contributed by atoms with van der Waals surface area (Å²) < 4.78 is 35.2. The molecule has 0 heterocycles. The predicted octanol–water partition coefficient (Wildman–Crippen LogP) is 8.48. The van der Waals surface area contributed by atoms with Gasteiger partial charge in [-0.2, -0.15) is 0 Å². The summed E-state index contributed by atoms with van der Waals surface area (Å²) in [5.74, 6) is 0.987. The first kappa shape index (κ1) is 32.2. The van der Waals surface area contributed by atoms with Gasteiger partial charge in [-0.15, -0.1) is 0 Å². The number of aromatic hydroxyl groups is 1. The van der Waals surface area contributed by atoms with Crippen LogP contribution in [-0.2, 0) is 10.0 Å². The molecule has 2 aromatic carbocycles. The lowest BCUT2D eigenvalue weighted by Crippen LogP contribution is -2.42. The van der Waals surface area contributed by atoms with Gasteiger partial charge >= 0.3 is 0 Å². The minimum atomic E-state index is -3.69. The Morgan fingerprint density at radius 1 is 0.842 bits per heavy atom. The first-order chi connectivity index (χ1) is 18.1. The lowest BCUT2D eigenvalue weighted by molar-refractivity contribution is 0.169. The number of rotatable bonds is 19. The third-order valence-corrected chi connectivity index (χ3v) is 8.88. The maximum absolute atomic E-state index is 13.2. The number of unbranched alkanes of at least 4 members (excludes halogenated alkanes) is 9. The van der Waals surface area contributed by atoms with Crippen LogP contribution in [0.3, 0.4) is 0 Å². The molecule has 0 aliphatic rings. The number of hydrogen-bond acceptors (Lipinski definition) is 4. The van der Waals surface area contributed by atoms with Crippen LogP contribution in [0.2, 0.25) is 0 Å². The Morgan fingerprint density at radius 2 is 1.45 bits per heavy atom. The zero-order valence-corrected chi connectivity index (χ0v) is 24.9. The Kier molecular flexibility index (Phi) is 14.2. The molecule has 0 bridgehead atoms. The second kappa shape index (κ2) is 16.8. The number of phenolic OH excluding ortho intramolecular Hbond substituents is 1. The van der Waals surface area contributed by atoms with Crippen molar-refractivity contribution in [2.45, 2.75) is 116 Å². The zero-order chi connectivity index (χ0) is 27.9.